The molecule has 0 aliphatic rings. The first-order chi connectivity index (χ1) is 9.97. The van der Waals surface area contributed by atoms with Crippen molar-refractivity contribution in [2.24, 2.45) is 0 Å². The van der Waals surface area contributed by atoms with Gasteiger partial charge in [-0.2, -0.15) is 0 Å². The fraction of sp³-hybridized carbons (Fsp3) is 0.200. The number of hydrogen-bond acceptors (Lipinski definition) is 3. The summed E-state index contributed by atoms with van der Waals surface area (Å²) in [5.74, 6) is 0.998. The summed E-state index contributed by atoms with van der Waals surface area (Å²) >= 11 is 15.6. The summed E-state index contributed by atoms with van der Waals surface area (Å²) in [4.78, 5) is 0. The van der Waals surface area contributed by atoms with Gasteiger partial charge in [-0.3, -0.25) is 0 Å². The van der Waals surface area contributed by atoms with Crippen LogP contribution in [0.3, 0.4) is 0 Å². The summed E-state index contributed by atoms with van der Waals surface area (Å²) in [7, 11) is 3.05. The van der Waals surface area contributed by atoms with E-state index in [1.807, 2.05) is 0 Å². The van der Waals surface area contributed by atoms with Gasteiger partial charge in [0.05, 0.1) is 19.2 Å². The van der Waals surface area contributed by atoms with Crippen LogP contribution >= 0.6 is 39.1 Å². The van der Waals surface area contributed by atoms with Gasteiger partial charge < -0.3 is 14.6 Å². The summed E-state index contributed by atoms with van der Waals surface area (Å²) in [6.07, 6.45) is -0.939. The molecular weight excluding hydrogens is 379 g/mol. The molecule has 0 bridgehead atoms. The van der Waals surface area contributed by atoms with Gasteiger partial charge in [0.2, 0.25) is 0 Å². The maximum absolute atomic E-state index is 10.6. The van der Waals surface area contributed by atoms with Crippen LogP contribution in [0.4, 0.5) is 0 Å². The van der Waals surface area contributed by atoms with Crippen LogP contribution < -0.4 is 9.47 Å². The number of hydrogen-bond donors (Lipinski definition) is 1. The van der Waals surface area contributed by atoms with Gasteiger partial charge in [0.1, 0.15) is 6.10 Å². The standard InChI is InChI=1S/C15H13BrCl2O3/c1-20-13-6-10(12(18)7-14(13)21-2)15(19)9-5-8(17)3-4-11(9)16/h3-7,15,19H,1-2H3. The second-order valence-corrected chi connectivity index (χ2v) is 6.00. The molecule has 21 heavy (non-hydrogen) atoms. The zero-order valence-corrected chi connectivity index (χ0v) is 14.5. The molecule has 0 spiro atoms. The van der Waals surface area contributed by atoms with E-state index < -0.39 is 6.10 Å². The Morgan fingerprint density at radius 2 is 1.62 bits per heavy atom. The molecule has 2 aromatic rings. The van der Waals surface area contributed by atoms with E-state index in [4.69, 9.17) is 32.7 Å². The van der Waals surface area contributed by atoms with Gasteiger partial charge in [0.25, 0.3) is 0 Å². The van der Waals surface area contributed by atoms with Gasteiger partial charge in [0, 0.05) is 26.7 Å². The van der Waals surface area contributed by atoms with Gasteiger partial charge in [-0.25, -0.2) is 0 Å². The molecule has 0 saturated carbocycles. The fourth-order valence-electron chi connectivity index (χ4n) is 1.97. The van der Waals surface area contributed by atoms with Crippen molar-refractivity contribution in [3.63, 3.8) is 0 Å². The number of ether oxygens (including phenoxy) is 2. The maximum atomic E-state index is 10.6. The minimum atomic E-state index is -0.939. The number of aliphatic hydroxyl groups excluding tert-OH is 1. The van der Waals surface area contributed by atoms with Crippen LogP contribution in [-0.4, -0.2) is 19.3 Å². The van der Waals surface area contributed by atoms with E-state index in [0.29, 0.717) is 32.7 Å². The number of halogens is 3. The van der Waals surface area contributed by atoms with Crippen LogP contribution in [-0.2, 0) is 0 Å². The normalized spacial score (nSPS) is 12.1. The summed E-state index contributed by atoms with van der Waals surface area (Å²) in [6, 6.07) is 8.45. The van der Waals surface area contributed by atoms with Crippen LogP contribution in [0.2, 0.25) is 10.0 Å². The predicted octanol–water partition coefficient (Wildman–Crippen LogP) is 4.85. The molecule has 0 radical (unpaired) electrons. The first kappa shape index (κ1) is 16.4. The highest BCUT2D eigenvalue weighted by Crippen LogP contribution is 2.39. The van der Waals surface area contributed by atoms with Gasteiger partial charge in [0.15, 0.2) is 11.5 Å². The number of rotatable bonds is 4. The lowest BCUT2D eigenvalue weighted by molar-refractivity contribution is 0.219. The van der Waals surface area contributed by atoms with E-state index >= 15 is 0 Å². The quantitative estimate of drug-likeness (QED) is 0.809. The SMILES string of the molecule is COc1cc(Cl)c(C(O)c2cc(Cl)ccc2Br)cc1OC. The monoisotopic (exact) mass is 390 g/mol. The molecule has 0 fully saturated rings. The van der Waals surface area contributed by atoms with Crippen molar-refractivity contribution in [3.05, 3.63) is 56.0 Å². The van der Waals surface area contributed by atoms with E-state index in [-0.39, 0.29) is 0 Å². The molecule has 0 aliphatic heterocycles. The Morgan fingerprint density at radius 1 is 1.00 bits per heavy atom. The van der Waals surface area contributed by atoms with E-state index in [1.165, 1.54) is 14.2 Å². The topological polar surface area (TPSA) is 38.7 Å². The number of methoxy groups -OCH3 is 2. The summed E-state index contributed by atoms with van der Waals surface area (Å²) in [5, 5.41) is 11.5. The average molecular weight is 392 g/mol. The van der Waals surface area contributed by atoms with Crippen LogP contribution in [0, 0.1) is 0 Å². The lowest BCUT2D eigenvalue weighted by atomic mass is 10.0. The highest BCUT2D eigenvalue weighted by molar-refractivity contribution is 9.10. The van der Waals surface area contributed by atoms with Crippen molar-refractivity contribution < 1.29 is 14.6 Å². The molecular formula is C15H13BrCl2O3. The molecule has 0 saturated heterocycles. The fourth-order valence-corrected chi connectivity index (χ4v) is 2.87. The lowest BCUT2D eigenvalue weighted by Gasteiger charge is -2.17. The van der Waals surface area contributed by atoms with E-state index in [0.717, 1.165) is 4.47 Å². The van der Waals surface area contributed by atoms with Crippen LogP contribution in [0.15, 0.2) is 34.8 Å². The number of aliphatic hydroxyl groups is 1. The summed E-state index contributed by atoms with van der Waals surface area (Å²) in [6.45, 7) is 0. The van der Waals surface area contributed by atoms with E-state index in [1.54, 1.807) is 30.3 Å². The zero-order valence-electron chi connectivity index (χ0n) is 11.4. The molecule has 3 nitrogen and oxygen atoms in total. The Labute approximate surface area is 141 Å². The largest absolute Gasteiger partial charge is 0.493 e. The second kappa shape index (κ2) is 6.88. The van der Waals surface area contributed by atoms with E-state index in [9.17, 15) is 5.11 Å². The third-order valence-corrected chi connectivity index (χ3v) is 4.33. The Bertz CT molecular complexity index is 662. The molecule has 0 amide bonds. The third kappa shape index (κ3) is 3.46. The molecule has 1 N–H and O–H groups in total. The van der Waals surface area contributed by atoms with Crippen molar-refractivity contribution in [2.45, 2.75) is 6.10 Å². The molecule has 0 aromatic heterocycles. The first-order valence-corrected chi connectivity index (χ1v) is 7.57. The lowest BCUT2D eigenvalue weighted by Crippen LogP contribution is -2.03. The Hall–Kier alpha value is -0.940. The maximum Gasteiger partial charge on any atom is 0.162 e. The number of benzene rings is 2. The van der Waals surface area contributed by atoms with Crippen molar-refractivity contribution in [2.75, 3.05) is 14.2 Å². The van der Waals surface area contributed by atoms with Crippen molar-refractivity contribution in [1.82, 2.24) is 0 Å². The third-order valence-electron chi connectivity index (χ3n) is 3.05. The van der Waals surface area contributed by atoms with Gasteiger partial charge in [-0.1, -0.05) is 39.1 Å². The minimum absolute atomic E-state index is 0.382. The smallest absolute Gasteiger partial charge is 0.162 e. The Morgan fingerprint density at radius 3 is 2.24 bits per heavy atom. The van der Waals surface area contributed by atoms with Crippen LogP contribution in [0.25, 0.3) is 0 Å². The van der Waals surface area contributed by atoms with E-state index in [2.05, 4.69) is 15.9 Å². The highest BCUT2D eigenvalue weighted by atomic mass is 79.9. The zero-order chi connectivity index (χ0) is 15.6. The molecule has 2 rings (SSSR count). The predicted molar refractivity (Wildman–Crippen MR) is 87.8 cm³/mol. The molecule has 112 valence electrons. The highest BCUT2D eigenvalue weighted by Gasteiger charge is 2.20. The second-order valence-electron chi connectivity index (χ2n) is 4.30. The molecule has 1 unspecified atom stereocenters. The van der Waals surface area contributed by atoms with Crippen molar-refractivity contribution in [3.8, 4) is 11.5 Å². The molecule has 1 atom stereocenters. The van der Waals surface area contributed by atoms with Gasteiger partial charge >= 0.3 is 0 Å². The molecule has 2 aromatic carbocycles. The Balaban J connectivity index is 2.52. The molecule has 0 aliphatic carbocycles. The summed E-state index contributed by atoms with van der Waals surface area (Å²) < 4.78 is 11.2. The van der Waals surface area contributed by atoms with Gasteiger partial charge in [-0.15, -0.1) is 0 Å². The first-order valence-electron chi connectivity index (χ1n) is 6.02. The van der Waals surface area contributed by atoms with Crippen molar-refractivity contribution >= 4 is 39.1 Å². The average Bonchev–Trinajstić information content (AvgIpc) is 2.48. The van der Waals surface area contributed by atoms with Gasteiger partial charge in [-0.05, 0) is 24.3 Å². The molecule has 0 heterocycles. The van der Waals surface area contributed by atoms with Crippen LogP contribution in [0.1, 0.15) is 17.2 Å². The van der Waals surface area contributed by atoms with Crippen molar-refractivity contribution in [1.29, 1.82) is 0 Å². The minimum Gasteiger partial charge on any atom is -0.493 e. The summed E-state index contributed by atoms with van der Waals surface area (Å²) in [5.41, 5.74) is 1.13. The Kier molecular flexibility index (Phi) is 5.38. The van der Waals surface area contributed by atoms with Crippen LogP contribution in [0.5, 0.6) is 11.5 Å². The molecule has 6 heteroatoms.